The van der Waals surface area contributed by atoms with E-state index in [0.29, 0.717) is 23.7 Å². The van der Waals surface area contributed by atoms with Crippen LogP contribution in [0.4, 0.5) is 0 Å². The summed E-state index contributed by atoms with van der Waals surface area (Å²) in [5, 5.41) is 5.74. The number of nitrogens with one attached hydrogen (secondary N) is 2. The molecule has 1 aromatic carbocycles. The van der Waals surface area contributed by atoms with E-state index in [9.17, 15) is 14.4 Å². The van der Waals surface area contributed by atoms with Gasteiger partial charge in [0.05, 0.1) is 17.1 Å². The zero-order valence-corrected chi connectivity index (χ0v) is 15.9. The Morgan fingerprint density at radius 3 is 2.32 bits per heavy atom. The third kappa shape index (κ3) is 6.05. The molecule has 0 fully saturated rings. The first-order valence-electron chi connectivity index (χ1n) is 8.42. The maximum absolute atomic E-state index is 12.8. The average molecular weight is 368 g/mol. The molecule has 0 heterocycles. The molecule has 0 aliphatic carbocycles. The summed E-state index contributed by atoms with van der Waals surface area (Å²) in [7, 11) is 0. The minimum atomic E-state index is -0.738. The Morgan fingerprint density at radius 1 is 1.16 bits per heavy atom. The molecule has 3 amide bonds. The van der Waals surface area contributed by atoms with Crippen LogP contribution in [0.1, 0.15) is 38.1 Å². The Bertz CT molecular complexity index is 619. The van der Waals surface area contributed by atoms with Crippen LogP contribution in [0, 0.1) is 5.92 Å². The molecule has 1 atom stereocenters. The summed E-state index contributed by atoms with van der Waals surface area (Å²) in [6, 6.07) is 5.93. The van der Waals surface area contributed by atoms with E-state index in [1.165, 1.54) is 4.90 Å². The van der Waals surface area contributed by atoms with Gasteiger partial charge in [0.2, 0.25) is 11.8 Å². The number of benzene rings is 1. The highest BCUT2D eigenvalue weighted by Gasteiger charge is 2.29. The molecule has 0 radical (unpaired) electrons. The molecule has 6 nitrogen and oxygen atoms in total. The molecule has 138 valence electrons. The van der Waals surface area contributed by atoms with Crippen LogP contribution in [0.5, 0.6) is 0 Å². The maximum atomic E-state index is 12.8. The molecule has 2 N–H and O–H groups in total. The van der Waals surface area contributed by atoms with Gasteiger partial charge < -0.3 is 15.5 Å². The Morgan fingerprint density at radius 2 is 1.80 bits per heavy atom. The lowest BCUT2D eigenvalue weighted by Gasteiger charge is -2.28. The molecule has 0 spiro atoms. The van der Waals surface area contributed by atoms with Gasteiger partial charge in [-0.1, -0.05) is 37.6 Å². The maximum Gasteiger partial charge on any atom is 0.253 e. The second-order valence-corrected chi connectivity index (χ2v) is 6.39. The summed E-state index contributed by atoms with van der Waals surface area (Å²) >= 11 is 6.05. The standard InChI is InChI=1S/C18H26ClN3O3/c1-5-20-15(23)11-22(6-2)18(25)16(12(3)4)21-17(24)13-9-7-8-10-14(13)19/h7-10,12,16H,5-6,11H2,1-4H3,(H,20,23)(H,21,24). The SMILES string of the molecule is CCNC(=O)CN(CC)C(=O)C(NC(=O)c1ccccc1Cl)C(C)C. The summed E-state index contributed by atoms with van der Waals surface area (Å²) in [5.41, 5.74) is 0.314. The van der Waals surface area contributed by atoms with Crippen molar-refractivity contribution in [1.82, 2.24) is 15.5 Å². The van der Waals surface area contributed by atoms with Crippen molar-refractivity contribution in [3.8, 4) is 0 Å². The fourth-order valence-electron chi connectivity index (χ4n) is 2.35. The van der Waals surface area contributed by atoms with Gasteiger partial charge in [0.1, 0.15) is 6.04 Å². The molecule has 1 aromatic rings. The van der Waals surface area contributed by atoms with Crippen molar-refractivity contribution < 1.29 is 14.4 Å². The normalized spacial score (nSPS) is 11.8. The van der Waals surface area contributed by atoms with Crippen molar-refractivity contribution >= 4 is 29.3 Å². The molecule has 1 unspecified atom stereocenters. The lowest BCUT2D eigenvalue weighted by molar-refractivity contribution is -0.138. The third-order valence-corrected chi connectivity index (χ3v) is 4.07. The summed E-state index contributed by atoms with van der Waals surface area (Å²) in [6.07, 6.45) is 0. The van der Waals surface area contributed by atoms with Crippen LogP contribution < -0.4 is 10.6 Å². The number of halogens is 1. The topological polar surface area (TPSA) is 78.5 Å². The summed E-state index contributed by atoms with van der Waals surface area (Å²) < 4.78 is 0. The van der Waals surface area contributed by atoms with E-state index in [1.807, 2.05) is 20.8 Å². The molecular weight excluding hydrogens is 342 g/mol. The number of nitrogens with zero attached hydrogens (tertiary/aromatic N) is 1. The van der Waals surface area contributed by atoms with E-state index in [4.69, 9.17) is 11.6 Å². The van der Waals surface area contributed by atoms with Gasteiger partial charge in [-0.2, -0.15) is 0 Å². The van der Waals surface area contributed by atoms with Crippen LogP contribution in [0.15, 0.2) is 24.3 Å². The summed E-state index contributed by atoms with van der Waals surface area (Å²) in [4.78, 5) is 38.5. The van der Waals surface area contributed by atoms with Gasteiger partial charge >= 0.3 is 0 Å². The quantitative estimate of drug-likeness (QED) is 0.738. The van der Waals surface area contributed by atoms with Gasteiger partial charge in [0.25, 0.3) is 5.91 Å². The second kappa shape index (κ2) is 10.0. The first-order valence-corrected chi connectivity index (χ1v) is 8.80. The van der Waals surface area contributed by atoms with Crippen molar-refractivity contribution in [2.45, 2.75) is 33.7 Å². The van der Waals surface area contributed by atoms with E-state index in [-0.39, 0.29) is 24.3 Å². The number of rotatable bonds is 8. The molecule has 1 rings (SSSR count). The number of hydrogen-bond donors (Lipinski definition) is 2. The number of carbonyl (C=O) groups excluding carboxylic acids is 3. The van der Waals surface area contributed by atoms with E-state index in [1.54, 1.807) is 31.2 Å². The molecule has 25 heavy (non-hydrogen) atoms. The fourth-order valence-corrected chi connectivity index (χ4v) is 2.57. The van der Waals surface area contributed by atoms with E-state index in [2.05, 4.69) is 10.6 Å². The Balaban J connectivity index is 2.90. The highest BCUT2D eigenvalue weighted by molar-refractivity contribution is 6.33. The van der Waals surface area contributed by atoms with Crippen LogP contribution in [-0.2, 0) is 9.59 Å². The predicted molar refractivity (Wildman–Crippen MR) is 98.5 cm³/mol. The van der Waals surface area contributed by atoms with Crippen LogP contribution in [-0.4, -0.2) is 48.3 Å². The summed E-state index contributed by atoms with van der Waals surface area (Å²) in [6.45, 7) is 8.14. The monoisotopic (exact) mass is 367 g/mol. The van der Waals surface area contributed by atoms with Crippen molar-refractivity contribution in [1.29, 1.82) is 0 Å². The van der Waals surface area contributed by atoms with Crippen LogP contribution in [0.2, 0.25) is 5.02 Å². The molecule has 0 saturated heterocycles. The van der Waals surface area contributed by atoms with Crippen molar-refractivity contribution in [3.63, 3.8) is 0 Å². The van der Waals surface area contributed by atoms with Crippen molar-refractivity contribution in [3.05, 3.63) is 34.9 Å². The minimum absolute atomic E-state index is 0.0334. The first-order chi connectivity index (χ1) is 11.8. The van der Waals surface area contributed by atoms with Crippen LogP contribution in [0.25, 0.3) is 0 Å². The average Bonchev–Trinajstić information content (AvgIpc) is 2.57. The zero-order chi connectivity index (χ0) is 19.0. The van der Waals surface area contributed by atoms with Crippen LogP contribution >= 0.6 is 11.6 Å². The van der Waals surface area contributed by atoms with Gasteiger partial charge in [-0.15, -0.1) is 0 Å². The van der Waals surface area contributed by atoms with Gasteiger partial charge in [0.15, 0.2) is 0 Å². The number of hydrogen-bond acceptors (Lipinski definition) is 3. The lowest BCUT2D eigenvalue weighted by Crippen LogP contribution is -2.53. The van der Waals surface area contributed by atoms with Gasteiger partial charge in [-0.05, 0) is 31.9 Å². The molecule has 0 bridgehead atoms. The van der Waals surface area contributed by atoms with Gasteiger partial charge in [-0.25, -0.2) is 0 Å². The lowest BCUT2D eigenvalue weighted by atomic mass is 10.0. The molecule has 0 aromatic heterocycles. The Kier molecular flexibility index (Phi) is 8.41. The van der Waals surface area contributed by atoms with E-state index >= 15 is 0 Å². The largest absolute Gasteiger partial charge is 0.355 e. The highest BCUT2D eigenvalue weighted by Crippen LogP contribution is 2.16. The van der Waals surface area contributed by atoms with E-state index < -0.39 is 11.9 Å². The van der Waals surface area contributed by atoms with Gasteiger partial charge in [0, 0.05) is 13.1 Å². The Labute approximate surface area is 153 Å². The molecule has 0 aliphatic heterocycles. The third-order valence-electron chi connectivity index (χ3n) is 3.74. The fraction of sp³-hybridized carbons (Fsp3) is 0.500. The van der Waals surface area contributed by atoms with E-state index in [0.717, 1.165) is 0 Å². The Hall–Kier alpha value is -2.08. The predicted octanol–water partition coefficient (Wildman–Crippen LogP) is 2.08. The van der Waals surface area contributed by atoms with Gasteiger partial charge in [-0.3, -0.25) is 14.4 Å². The molecule has 0 saturated carbocycles. The number of likely N-dealkylation sites (N-methyl/N-ethyl adjacent to an activating group) is 2. The smallest absolute Gasteiger partial charge is 0.253 e. The van der Waals surface area contributed by atoms with Crippen LogP contribution in [0.3, 0.4) is 0 Å². The summed E-state index contributed by atoms with van der Waals surface area (Å²) in [5.74, 6) is -1.06. The molecular formula is C18H26ClN3O3. The highest BCUT2D eigenvalue weighted by atomic mass is 35.5. The molecule has 0 aliphatic rings. The van der Waals surface area contributed by atoms with Crippen molar-refractivity contribution in [2.75, 3.05) is 19.6 Å². The minimum Gasteiger partial charge on any atom is -0.355 e. The number of carbonyl (C=O) groups is 3. The number of amides is 3. The first kappa shape index (κ1) is 21.0. The zero-order valence-electron chi connectivity index (χ0n) is 15.1. The molecule has 7 heteroatoms. The second-order valence-electron chi connectivity index (χ2n) is 5.98. The van der Waals surface area contributed by atoms with Crippen molar-refractivity contribution in [2.24, 2.45) is 5.92 Å².